The molecule has 0 spiro atoms. The molecule has 0 aromatic heterocycles. The third-order valence-electron chi connectivity index (χ3n) is 2.86. The van der Waals surface area contributed by atoms with E-state index >= 15 is 0 Å². The van der Waals surface area contributed by atoms with Gasteiger partial charge in [-0.3, -0.25) is 0 Å². The van der Waals surface area contributed by atoms with Crippen LogP contribution in [0, 0.1) is 11.3 Å². The van der Waals surface area contributed by atoms with Crippen LogP contribution in [0.2, 0.25) is 0 Å². The summed E-state index contributed by atoms with van der Waals surface area (Å²) in [5.41, 5.74) is 8.80. The smallest absolute Gasteiger partial charge is 0.101 e. The van der Waals surface area contributed by atoms with Gasteiger partial charge in [-0.05, 0) is 30.7 Å². The molecular formula is C15H15N3. The maximum atomic E-state index is 8.94. The molecule has 2 aromatic rings. The van der Waals surface area contributed by atoms with E-state index in [2.05, 4.69) is 30.4 Å². The molecule has 3 heteroatoms. The van der Waals surface area contributed by atoms with E-state index in [0.29, 0.717) is 11.3 Å². The summed E-state index contributed by atoms with van der Waals surface area (Å²) in [6, 6.07) is 17.8. The molecule has 0 aliphatic carbocycles. The highest BCUT2D eigenvalue weighted by molar-refractivity contribution is 5.62. The van der Waals surface area contributed by atoms with E-state index in [1.165, 1.54) is 5.56 Å². The van der Waals surface area contributed by atoms with Crippen molar-refractivity contribution in [2.75, 3.05) is 11.1 Å². The van der Waals surface area contributed by atoms with Crippen molar-refractivity contribution in [3.8, 4) is 6.07 Å². The number of rotatable bonds is 3. The molecule has 1 unspecified atom stereocenters. The third kappa shape index (κ3) is 2.61. The van der Waals surface area contributed by atoms with Crippen LogP contribution in [0.3, 0.4) is 0 Å². The largest absolute Gasteiger partial charge is 0.398 e. The fraction of sp³-hybridized carbons (Fsp3) is 0.133. The highest BCUT2D eigenvalue weighted by Gasteiger charge is 2.06. The Morgan fingerprint density at radius 1 is 1.17 bits per heavy atom. The Hall–Kier alpha value is -2.47. The van der Waals surface area contributed by atoms with Crippen LogP contribution in [0.5, 0.6) is 0 Å². The predicted octanol–water partition coefficient (Wildman–Crippen LogP) is 3.31. The van der Waals surface area contributed by atoms with Gasteiger partial charge in [-0.2, -0.15) is 5.26 Å². The lowest BCUT2D eigenvalue weighted by atomic mass is 10.1. The zero-order valence-electron chi connectivity index (χ0n) is 10.2. The van der Waals surface area contributed by atoms with Gasteiger partial charge in [0.25, 0.3) is 0 Å². The van der Waals surface area contributed by atoms with Crippen LogP contribution in [0.15, 0.2) is 48.5 Å². The van der Waals surface area contributed by atoms with Gasteiger partial charge in [-0.1, -0.05) is 30.3 Å². The second-order valence-electron chi connectivity index (χ2n) is 4.19. The SMILES string of the molecule is CC(Nc1ccc(N)c(C#N)c1)c1ccccc1. The number of nitrogens with two attached hydrogens (primary N) is 1. The molecular weight excluding hydrogens is 222 g/mol. The van der Waals surface area contributed by atoms with Crippen molar-refractivity contribution in [1.29, 1.82) is 5.26 Å². The molecule has 0 saturated heterocycles. The van der Waals surface area contributed by atoms with Crippen LogP contribution in [0.25, 0.3) is 0 Å². The Morgan fingerprint density at radius 3 is 2.56 bits per heavy atom. The summed E-state index contributed by atoms with van der Waals surface area (Å²) in [7, 11) is 0. The molecule has 2 rings (SSSR count). The van der Waals surface area contributed by atoms with E-state index in [4.69, 9.17) is 11.0 Å². The van der Waals surface area contributed by atoms with Crippen molar-refractivity contribution >= 4 is 11.4 Å². The molecule has 18 heavy (non-hydrogen) atoms. The molecule has 3 nitrogen and oxygen atoms in total. The molecule has 1 atom stereocenters. The van der Waals surface area contributed by atoms with Gasteiger partial charge in [0.05, 0.1) is 5.56 Å². The normalized spacial score (nSPS) is 11.6. The summed E-state index contributed by atoms with van der Waals surface area (Å²) in [6.45, 7) is 2.08. The van der Waals surface area contributed by atoms with Crippen LogP contribution in [0.4, 0.5) is 11.4 Å². The standard InChI is InChI=1S/C15H15N3/c1-11(12-5-3-2-4-6-12)18-14-7-8-15(17)13(9-14)10-16/h2-9,11,18H,17H2,1H3. The van der Waals surface area contributed by atoms with E-state index in [9.17, 15) is 0 Å². The maximum absolute atomic E-state index is 8.94. The quantitative estimate of drug-likeness (QED) is 0.805. The fourth-order valence-electron chi connectivity index (χ4n) is 1.82. The van der Waals surface area contributed by atoms with Crippen LogP contribution in [0.1, 0.15) is 24.1 Å². The van der Waals surface area contributed by atoms with Gasteiger partial charge in [-0.25, -0.2) is 0 Å². The fourth-order valence-corrected chi connectivity index (χ4v) is 1.82. The molecule has 0 heterocycles. The second kappa shape index (κ2) is 5.24. The molecule has 90 valence electrons. The minimum atomic E-state index is 0.182. The van der Waals surface area contributed by atoms with E-state index in [-0.39, 0.29) is 6.04 Å². The summed E-state index contributed by atoms with van der Waals surface area (Å²) in [5.74, 6) is 0. The summed E-state index contributed by atoms with van der Waals surface area (Å²) in [5, 5.41) is 12.3. The first-order valence-electron chi connectivity index (χ1n) is 5.82. The average Bonchev–Trinajstić information content (AvgIpc) is 2.42. The van der Waals surface area contributed by atoms with Crippen molar-refractivity contribution in [3.63, 3.8) is 0 Å². The summed E-state index contributed by atoms with van der Waals surface area (Å²) < 4.78 is 0. The first kappa shape index (κ1) is 12.0. The van der Waals surface area contributed by atoms with E-state index in [0.717, 1.165) is 5.69 Å². The first-order chi connectivity index (χ1) is 8.70. The number of anilines is 2. The van der Waals surface area contributed by atoms with Gasteiger partial charge in [0, 0.05) is 17.4 Å². The van der Waals surface area contributed by atoms with Crippen LogP contribution < -0.4 is 11.1 Å². The topological polar surface area (TPSA) is 61.8 Å². The molecule has 0 radical (unpaired) electrons. The molecule has 0 fully saturated rings. The van der Waals surface area contributed by atoms with Crippen LogP contribution in [-0.2, 0) is 0 Å². The van der Waals surface area contributed by atoms with E-state index < -0.39 is 0 Å². The van der Waals surface area contributed by atoms with E-state index in [1.54, 1.807) is 12.1 Å². The molecule has 0 aliphatic rings. The van der Waals surface area contributed by atoms with Crippen molar-refractivity contribution < 1.29 is 0 Å². The average molecular weight is 237 g/mol. The highest BCUT2D eigenvalue weighted by Crippen LogP contribution is 2.22. The van der Waals surface area contributed by atoms with Gasteiger partial charge in [0.1, 0.15) is 6.07 Å². The Kier molecular flexibility index (Phi) is 3.49. The number of nitrogens with one attached hydrogen (secondary N) is 1. The van der Waals surface area contributed by atoms with Crippen molar-refractivity contribution in [2.24, 2.45) is 0 Å². The molecule has 0 aliphatic heterocycles. The summed E-state index contributed by atoms with van der Waals surface area (Å²) in [4.78, 5) is 0. The van der Waals surface area contributed by atoms with Gasteiger partial charge in [0.15, 0.2) is 0 Å². The van der Waals surface area contributed by atoms with Crippen molar-refractivity contribution in [3.05, 3.63) is 59.7 Å². The second-order valence-corrected chi connectivity index (χ2v) is 4.19. The molecule has 3 N–H and O–H groups in total. The summed E-state index contributed by atoms with van der Waals surface area (Å²) in [6.07, 6.45) is 0. The Balaban J connectivity index is 2.18. The van der Waals surface area contributed by atoms with Gasteiger partial charge in [-0.15, -0.1) is 0 Å². The first-order valence-corrected chi connectivity index (χ1v) is 5.82. The van der Waals surface area contributed by atoms with Gasteiger partial charge >= 0.3 is 0 Å². The minimum absolute atomic E-state index is 0.182. The molecule has 0 amide bonds. The lowest BCUT2D eigenvalue weighted by Gasteiger charge is -2.16. The Morgan fingerprint density at radius 2 is 1.89 bits per heavy atom. The van der Waals surface area contributed by atoms with Crippen LogP contribution >= 0.6 is 0 Å². The van der Waals surface area contributed by atoms with Crippen molar-refractivity contribution in [1.82, 2.24) is 0 Å². The predicted molar refractivity (Wildman–Crippen MR) is 74.0 cm³/mol. The molecule has 2 aromatic carbocycles. The number of hydrogen-bond donors (Lipinski definition) is 2. The van der Waals surface area contributed by atoms with Crippen molar-refractivity contribution in [2.45, 2.75) is 13.0 Å². The third-order valence-corrected chi connectivity index (χ3v) is 2.86. The monoisotopic (exact) mass is 237 g/mol. The number of nitriles is 1. The number of hydrogen-bond acceptors (Lipinski definition) is 3. The number of nitrogen functional groups attached to an aromatic ring is 1. The lowest BCUT2D eigenvalue weighted by molar-refractivity contribution is 0.885. The maximum Gasteiger partial charge on any atom is 0.101 e. The zero-order valence-corrected chi connectivity index (χ0v) is 10.2. The molecule has 0 bridgehead atoms. The Bertz CT molecular complexity index is 570. The highest BCUT2D eigenvalue weighted by atomic mass is 14.9. The number of benzene rings is 2. The lowest BCUT2D eigenvalue weighted by Crippen LogP contribution is -2.06. The summed E-state index contributed by atoms with van der Waals surface area (Å²) >= 11 is 0. The number of nitrogens with zero attached hydrogens (tertiary/aromatic N) is 1. The minimum Gasteiger partial charge on any atom is -0.398 e. The zero-order chi connectivity index (χ0) is 13.0. The van der Waals surface area contributed by atoms with Crippen LogP contribution in [-0.4, -0.2) is 0 Å². The van der Waals surface area contributed by atoms with Gasteiger partial charge in [0.2, 0.25) is 0 Å². The van der Waals surface area contributed by atoms with Gasteiger partial charge < -0.3 is 11.1 Å². The molecule has 0 saturated carbocycles. The Labute approximate surface area is 107 Å². The van der Waals surface area contributed by atoms with E-state index in [1.807, 2.05) is 24.3 Å².